The van der Waals surface area contributed by atoms with Gasteiger partial charge in [-0.05, 0) is 72.1 Å². The molecule has 5 aromatic carbocycles. The average molecular weight is 501 g/mol. The van der Waals surface area contributed by atoms with Crippen molar-refractivity contribution >= 4 is 64.6 Å². The molecule has 0 unspecified atom stereocenters. The maximum atomic E-state index is 14.1. The molecule has 0 aliphatic carbocycles. The number of nitrogens with zero attached hydrogens (tertiary/aromatic N) is 2. The summed E-state index contributed by atoms with van der Waals surface area (Å²) in [7, 11) is 0. The van der Waals surface area contributed by atoms with Crippen LogP contribution in [0.15, 0.2) is 79.8 Å². The highest BCUT2D eigenvalue weighted by atomic mass is 16.2. The van der Waals surface area contributed by atoms with E-state index in [4.69, 9.17) is 0 Å². The molecule has 0 N–H and O–H groups in total. The lowest BCUT2D eigenvalue weighted by molar-refractivity contribution is 0.568. The van der Waals surface area contributed by atoms with Gasteiger partial charge in [0.05, 0.1) is 21.5 Å². The normalized spacial score (nSPS) is 12.6. The lowest BCUT2D eigenvalue weighted by Crippen LogP contribution is -2.36. The second kappa shape index (κ2) is 7.48. The van der Waals surface area contributed by atoms with Gasteiger partial charge in [0.1, 0.15) is 0 Å². The Bertz CT molecular complexity index is 2210. The van der Waals surface area contributed by atoms with E-state index in [1.807, 2.05) is 88.4 Å². The first-order chi connectivity index (χ1) is 18.2. The zero-order valence-corrected chi connectivity index (χ0v) is 21.5. The molecule has 0 amide bonds. The van der Waals surface area contributed by atoms with Crippen molar-refractivity contribution in [3.05, 3.63) is 102 Å². The highest BCUT2D eigenvalue weighted by Crippen LogP contribution is 2.41. The van der Waals surface area contributed by atoms with Gasteiger partial charge >= 0.3 is 0 Å². The zero-order chi connectivity index (χ0) is 26.6. The van der Waals surface area contributed by atoms with Crippen LogP contribution in [0.5, 0.6) is 0 Å². The summed E-state index contributed by atoms with van der Waals surface area (Å²) in [5.41, 5.74) is -1.55. The summed E-state index contributed by atoms with van der Waals surface area (Å²) >= 11 is 0. The summed E-state index contributed by atoms with van der Waals surface area (Å²) in [5, 5.41) is 6.71. The molecule has 6 nitrogen and oxygen atoms in total. The van der Waals surface area contributed by atoms with Crippen LogP contribution in [0.1, 0.15) is 39.8 Å². The fourth-order valence-electron chi connectivity index (χ4n) is 6.37. The summed E-state index contributed by atoms with van der Waals surface area (Å²) in [6, 6.07) is 18.1. The third kappa shape index (κ3) is 2.62. The number of fused-ring (bicyclic) bond motifs is 6. The van der Waals surface area contributed by atoms with Crippen molar-refractivity contribution in [2.24, 2.45) is 0 Å². The van der Waals surface area contributed by atoms with Crippen molar-refractivity contribution in [2.75, 3.05) is 0 Å². The van der Waals surface area contributed by atoms with Gasteiger partial charge in [0, 0.05) is 22.9 Å². The number of benzene rings is 5. The molecule has 7 aromatic rings. The van der Waals surface area contributed by atoms with Crippen molar-refractivity contribution in [1.82, 2.24) is 9.13 Å². The molecule has 0 saturated heterocycles. The summed E-state index contributed by atoms with van der Waals surface area (Å²) < 4.78 is 2.60. The van der Waals surface area contributed by atoms with Crippen LogP contribution in [-0.2, 0) is 0 Å². The van der Waals surface area contributed by atoms with Crippen LogP contribution in [0.25, 0.3) is 64.6 Å². The van der Waals surface area contributed by atoms with Gasteiger partial charge in [-0.3, -0.25) is 28.3 Å². The zero-order valence-electron chi connectivity index (χ0n) is 21.5. The topological polar surface area (TPSA) is 78.1 Å². The van der Waals surface area contributed by atoms with Gasteiger partial charge < -0.3 is 0 Å². The summed E-state index contributed by atoms with van der Waals surface area (Å²) in [5.74, 6) is 0. The van der Waals surface area contributed by atoms with Crippen molar-refractivity contribution in [3.63, 3.8) is 0 Å². The van der Waals surface area contributed by atoms with E-state index in [0.29, 0.717) is 43.1 Å². The molecular weight excluding hydrogens is 476 g/mol. The quantitative estimate of drug-likeness (QED) is 0.226. The van der Waals surface area contributed by atoms with Crippen molar-refractivity contribution in [2.45, 2.75) is 39.8 Å². The molecule has 0 radical (unpaired) electrons. The molecule has 0 aliphatic heterocycles. The third-order valence-corrected chi connectivity index (χ3v) is 7.90. The van der Waals surface area contributed by atoms with Crippen LogP contribution in [0, 0.1) is 0 Å². The Morgan fingerprint density at radius 3 is 1.11 bits per heavy atom. The smallest absolute Gasteiger partial charge is 0.262 e. The minimum atomic E-state index is -0.406. The highest BCUT2D eigenvalue weighted by Gasteiger charge is 2.27. The Morgan fingerprint density at radius 2 is 0.763 bits per heavy atom. The molecule has 0 atom stereocenters. The van der Waals surface area contributed by atoms with E-state index in [2.05, 4.69) is 0 Å². The van der Waals surface area contributed by atoms with E-state index in [1.165, 1.54) is 9.13 Å². The van der Waals surface area contributed by atoms with Gasteiger partial charge in [-0.2, -0.15) is 0 Å². The molecule has 6 heteroatoms. The number of aromatic nitrogens is 2. The van der Waals surface area contributed by atoms with E-state index in [-0.39, 0.29) is 23.2 Å². The van der Waals surface area contributed by atoms with Crippen LogP contribution >= 0.6 is 0 Å². The largest absolute Gasteiger partial charge is 0.272 e. The Balaban J connectivity index is 2.02. The Kier molecular flexibility index (Phi) is 4.45. The second-order valence-corrected chi connectivity index (χ2v) is 10.7. The maximum absolute atomic E-state index is 14.1. The lowest BCUT2D eigenvalue weighted by atomic mass is 9.87. The fourth-order valence-corrected chi connectivity index (χ4v) is 6.37. The molecule has 186 valence electrons. The molecular formula is C32H24N2O4. The minimum absolute atomic E-state index is 0.369. The molecule has 38 heavy (non-hydrogen) atoms. The number of pyridine rings is 2. The van der Waals surface area contributed by atoms with Gasteiger partial charge in [-0.15, -0.1) is 0 Å². The van der Waals surface area contributed by atoms with Crippen molar-refractivity contribution in [1.29, 1.82) is 0 Å². The van der Waals surface area contributed by atoms with Crippen LogP contribution in [0.4, 0.5) is 0 Å². The lowest BCUT2D eigenvalue weighted by Gasteiger charge is -2.20. The SMILES string of the molecule is CC(C)n1c(=O)c2c3ccccc3cc3c4c(=O)n(C(C)C)c(=O)c5c6ccccc6cc(c(c1=O)c32)c54. The van der Waals surface area contributed by atoms with Gasteiger partial charge in [-0.1, -0.05) is 48.5 Å². The predicted octanol–water partition coefficient (Wildman–Crippen LogP) is 5.69. The number of rotatable bonds is 2. The van der Waals surface area contributed by atoms with Gasteiger partial charge in [0.25, 0.3) is 22.2 Å². The van der Waals surface area contributed by atoms with E-state index in [0.717, 1.165) is 21.5 Å². The van der Waals surface area contributed by atoms with Gasteiger partial charge in [0.15, 0.2) is 0 Å². The van der Waals surface area contributed by atoms with Crippen LogP contribution in [-0.4, -0.2) is 9.13 Å². The summed E-state index contributed by atoms with van der Waals surface area (Å²) in [4.78, 5) is 56.2. The Hall–Kier alpha value is -4.58. The molecule has 2 aromatic heterocycles. The molecule has 7 rings (SSSR count). The average Bonchev–Trinajstić information content (AvgIpc) is 2.87. The summed E-state index contributed by atoms with van der Waals surface area (Å²) in [6.45, 7) is 7.27. The number of hydrogen-bond acceptors (Lipinski definition) is 4. The van der Waals surface area contributed by atoms with E-state index in [9.17, 15) is 19.2 Å². The molecule has 2 heterocycles. The fraction of sp³-hybridized carbons (Fsp3) is 0.188. The monoisotopic (exact) mass is 500 g/mol. The molecule has 0 saturated carbocycles. The molecule has 0 spiro atoms. The van der Waals surface area contributed by atoms with Crippen molar-refractivity contribution in [3.8, 4) is 0 Å². The van der Waals surface area contributed by atoms with E-state index >= 15 is 0 Å². The Morgan fingerprint density at radius 1 is 0.447 bits per heavy atom. The highest BCUT2D eigenvalue weighted by molar-refractivity contribution is 6.38. The van der Waals surface area contributed by atoms with Gasteiger partial charge in [-0.25, -0.2) is 0 Å². The second-order valence-electron chi connectivity index (χ2n) is 10.7. The first kappa shape index (κ1) is 22.6. The summed E-state index contributed by atoms with van der Waals surface area (Å²) in [6.07, 6.45) is 0. The predicted molar refractivity (Wildman–Crippen MR) is 156 cm³/mol. The number of hydrogen-bond donors (Lipinski definition) is 0. The third-order valence-electron chi connectivity index (χ3n) is 7.90. The standard InChI is InChI=1S/C32H24N2O4/c1-15(2)33-29(35)25-19-11-7-5-9-17(19)14-22-23(25)27(31(33)37)21-13-18-10-6-8-12-20(18)26-24(21)28(22)32(38)34(16(3)4)30(26)36/h5-16H,1-4H3. The minimum Gasteiger partial charge on any atom is -0.272 e. The first-order valence-electron chi connectivity index (χ1n) is 12.8. The van der Waals surface area contributed by atoms with Crippen molar-refractivity contribution < 1.29 is 0 Å². The van der Waals surface area contributed by atoms with E-state index < -0.39 is 11.1 Å². The molecule has 0 bridgehead atoms. The molecule has 0 fully saturated rings. The first-order valence-corrected chi connectivity index (χ1v) is 12.8. The van der Waals surface area contributed by atoms with Crippen LogP contribution < -0.4 is 22.2 Å². The maximum Gasteiger partial charge on any atom is 0.262 e. The van der Waals surface area contributed by atoms with Crippen LogP contribution in [0.3, 0.4) is 0 Å². The van der Waals surface area contributed by atoms with Crippen LogP contribution in [0.2, 0.25) is 0 Å². The van der Waals surface area contributed by atoms with E-state index in [1.54, 1.807) is 0 Å². The molecule has 0 aliphatic rings. The van der Waals surface area contributed by atoms with Gasteiger partial charge in [0.2, 0.25) is 0 Å². The Labute approximate surface area is 215 Å².